The maximum atomic E-state index is 11.7. The molecule has 4 heterocycles. The van der Waals surface area contributed by atoms with E-state index in [1.54, 1.807) is 11.1 Å². The topological polar surface area (TPSA) is 102 Å². The molecule has 27 heavy (non-hydrogen) atoms. The summed E-state index contributed by atoms with van der Waals surface area (Å²) in [6, 6.07) is 0. The minimum absolute atomic E-state index is 0.00676. The molecule has 1 amide bonds. The molecule has 140 valence electrons. The summed E-state index contributed by atoms with van der Waals surface area (Å²) < 4.78 is 7.84. The van der Waals surface area contributed by atoms with Gasteiger partial charge in [-0.05, 0) is 13.0 Å². The summed E-state index contributed by atoms with van der Waals surface area (Å²) in [5.74, 6) is 1.18. The number of ether oxygens (including phenoxy) is 1. The maximum Gasteiger partial charge on any atom is 0.245 e. The quantitative estimate of drug-likeness (QED) is 0.690. The van der Waals surface area contributed by atoms with E-state index < -0.39 is 0 Å². The summed E-state index contributed by atoms with van der Waals surface area (Å²) in [4.78, 5) is 30.0. The minimum atomic E-state index is -0.0355. The van der Waals surface area contributed by atoms with E-state index in [1.165, 1.54) is 12.4 Å². The number of piperidine rings is 1. The number of H-pyrrole nitrogens is 1. The molecule has 1 fully saturated rings. The highest BCUT2D eigenvalue weighted by Crippen LogP contribution is 2.26. The van der Waals surface area contributed by atoms with Crippen LogP contribution < -0.4 is 4.74 Å². The lowest BCUT2D eigenvalue weighted by atomic mass is 10.1. The fraction of sp³-hybridized carbons (Fsp3) is 0.389. The smallest absolute Gasteiger partial charge is 0.245 e. The third kappa shape index (κ3) is 3.27. The highest BCUT2D eigenvalue weighted by Gasteiger charge is 2.23. The highest BCUT2D eigenvalue weighted by molar-refractivity contribution is 5.88. The predicted octanol–water partition coefficient (Wildman–Crippen LogP) is 1.79. The van der Waals surface area contributed by atoms with Crippen LogP contribution in [0.4, 0.5) is 0 Å². The van der Waals surface area contributed by atoms with Crippen molar-refractivity contribution in [3.63, 3.8) is 0 Å². The van der Waals surface area contributed by atoms with E-state index in [-0.39, 0.29) is 12.0 Å². The van der Waals surface area contributed by atoms with E-state index in [4.69, 9.17) is 4.74 Å². The van der Waals surface area contributed by atoms with Crippen LogP contribution in [0.25, 0.3) is 22.6 Å². The van der Waals surface area contributed by atoms with Crippen molar-refractivity contribution < 1.29 is 9.53 Å². The first-order chi connectivity index (χ1) is 13.2. The Labute approximate surface area is 156 Å². The lowest BCUT2D eigenvalue weighted by Crippen LogP contribution is -2.41. The average Bonchev–Trinajstić information content (AvgIpc) is 3.33. The van der Waals surface area contributed by atoms with Gasteiger partial charge in [0.05, 0.1) is 11.8 Å². The van der Waals surface area contributed by atoms with Crippen molar-refractivity contribution in [1.82, 2.24) is 34.6 Å². The molecule has 9 heteroatoms. The van der Waals surface area contributed by atoms with Crippen molar-refractivity contribution in [1.29, 1.82) is 0 Å². The first-order valence-electron chi connectivity index (χ1n) is 9.00. The Bertz CT molecular complexity index is 969. The summed E-state index contributed by atoms with van der Waals surface area (Å²) in [5.41, 5.74) is 2.22. The Morgan fingerprint density at radius 2 is 2.22 bits per heavy atom. The monoisotopic (exact) mass is 367 g/mol. The van der Waals surface area contributed by atoms with Gasteiger partial charge in [0.15, 0.2) is 11.5 Å². The first-order valence-corrected chi connectivity index (χ1v) is 9.00. The van der Waals surface area contributed by atoms with Crippen LogP contribution in [0.5, 0.6) is 5.88 Å². The van der Waals surface area contributed by atoms with Crippen LogP contribution in [0.2, 0.25) is 0 Å². The first kappa shape index (κ1) is 17.2. The summed E-state index contributed by atoms with van der Waals surface area (Å²) in [7, 11) is 0. The van der Waals surface area contributed by atoms with E-state index in [0.29, 0.717) is 36.7 Å². The molecule has 0 saturated carbocycles. The number of carbonyl (C=O) groups excluding carboxylic acids is 1. The SMILES string of the molecule is C=CC(=O)N1CCC(Oc2cnc3[nH]cc(-c4ncnn4CC)c3n2)CC1. The van der Waals surface area contributed by atoms with E-state index >= 15 is 0 Å². The van der Waals surface area contributed by atoms with Gasteiger partial charge in [0.1, 0.15) is 17.9 Å². The normalized spacial score (nSPS) is 15.2. The van der Waals surface area contributed by atoms with E-state index in [0.717, 1.165) is 24.2 Å². The zero-order valence-electron chi connectivity index (χ0n) is 15.1. The molecule has 0 atom stereocenters. The van der Waals surface area contributed by atoms with Gasteiger partial charge in [-0.3, -0.25) is 4.79 Å². The van der Waals surface area contributed by atoms with Crippen LogP contribution in [-0.4, -0.2) is 59.7 Å². The Morgan fingerprint density at radius 3 is 2.96 bits per heavy atom. The van der Waals surface area contributed by atoms with Crippen LogP contribution in [0.15, 0.2) is 31.4 Å². The Morgan fingerprint density at radius 1 is 1.41 bits per heavy atom. The number of fused-ring (bicyclic) bond motifs is 1. The fourth-order valence-corrected chi connectivity index (χ4v) is 3.30. The summed E-state index contributed by atoms with van der Waals surface area (Å²) in [6.07, 6.45) is 7.85. The Kier molecular flexibility index (Phi) is 4.57. The summed E-state index contributed by atoms with van der Waals surface area (Å²) >= 11 is 0. The number of hydrogen-bond donors (Lipinski definition) is 1. The number of nitrogens with one attached hydrogen (secondary N) is 1. The van der Waals surface area contributed by atoms with Gasteiger partial charge in [-0.15, -0.1) is 0 Å². The third-order valence-electron chi connectivity index (χ3n) is 4.73. The number of nitrogens with zero attached hydrogens (tertiary/aromatic N) is 6. The van der Waals surface area contributed by atoms with Crippen molar-refractivity contribution in [3.8, 4) is 17.3 Å². The second kappa shape index (κ2) is 7.18. The second-order valence-corrected chi connectivity index (χ2v) is 6.35. The molecule has 0 aromatic carbocycles. The van der Waals surface area contributed by atoms with Crippen LogP contribution in [0.3, 0.4) is 0 Å². The average molecular weight is 367 g/mol. The minimum Gasteiger partial charge on any atom is -0.473 e. The standard InChI is InChI=1S/C18H21N7O2/c1-3-15(26)24-7-5-12(6-8-24)27-14-10-20-17-16(23-14)13(9-19-17)18-21-11-22-25(18)4-2/h3,9-12H,1,4-8H2,2H3,(H,19,20). The fourth-order valence-electron chi connectivity index (χ4n) is 3.30. The number of amides is 1. The van der Waals surface area contributed by atoms with Crippen molar-refractivity contribution in [2.75, 3.05) is 13.1 Å². The molecule has 9 nitrogen and oxygen atoms in total. The molecule has 1 aliphatic heterocycles. The lowest BCUT2D eigenvalue weighted by molar-refractivity contribution is -0.127. The van der Waals surface area contributed by atoms with Gasteiger partial charge in [0.25, 0.3) is 0 Å². The number of aromatic nitrogens is 6. The molecule has 3 aromatic rings. The zero-order valence-corrected chi connectivity index (χ0v) is 15.1. The van der Waals surface area contributed by atoms with E-state index in [9.17, 15) is 4.79 Å². The Balaban J connectivity index is 1.53. The van der Waals surface area contributed by atoms with Gasteiger partial charge in [0.2, 0.25) is 11.8 Å². The molecule has 1 N–H and O–H groups in total. The van der Waals surface area contributed by atoms with Gasteiger partial charge in [-0.1, -0.05) is 6.58 Å². The largest absolute Gasteiger partial charge is 0.473 e. The van der Waals surface area contributed by atoms with Gasteiger partial charge >= 0.3 is 0 Å². The zero-order chi connectivity index (χ0) is 18.8. The van der Waals surface area contributed by atoms with Crippen molar-refractivity contribution in [3.05, 3.63) is 31.4 Å². The molecule has 1 aliphatic rings. The molecule has 4 rings (SSSR count). The third-order valence-corrected chi connectivity index (χ3v) is 4.73. The summed E-state index contributed by atoms with van der Waals surface area (Å²) in [5, 5.41) is 4.21. The molecular formula is C18H21N7O2. The molecule has 0 aliphatic carbocycles. The molecular weight excluding hydrogens is 346 g/mol. The van der Waals surface area contributed by atoms with Crippen molar-refractivity contribution >= 4 is 17.1 Å². The lowest BCUT2D eigenvalue weighted by Gasteiger charge is -2.31. The molecule has 0 radical (unpaired) electrons. The van der Waals surface area contributed by atoms with Crippen molar-refractivity contribution in [2.24, 2.45) is 0 Å². The molecule has 1 saturated heterocycles. The van der Waals surface area contributed by atoms with E-state index in [2.05, 4.69) is 31.6 Å². The van der Waals surface area contributed by atoms with Gasteiger partial charge < -0.3 is 14.6 Å². The summed E-state index contributed by atoms with van der Waals surface area (Å²) in [6.45, 7) is 7.57. The van der Waals surface area contributed by atoms with Crippen LogP contribution in [-0.2, 0) is 11.3 Å². The molecule has 0 spiro atoms. The second-order valence-electron chi connectivity index (χ2n) is 6.35. The van der Waals surface area contributed by atoms with Crippen molar-refractivity contribution in [2.45, 2.75) is 32.4 Å². The molecule has 0 bridgehead atoms. The molecule has 3 aromatic heterocycles. The van der Waals surface area contributed by atoms with Crippen LogP contribution >= 0.6 is 0 Å². The highest BCUT2D eigenvalue weighted by atomic mass is 16.5. The van der Waals surface area contributed by atoms with Crippen LogP contribution in [0, 0.1) is 0 Å². The van der Waals surface area contributed by atoms with Crippen LogP contribution in [0.1, 0.15) is 19.8 Å². The predicted molar refractivity (Wildman–Crippen MR) is 99.0 cm³/mol. The van der Waals surface area contributed by atoms with E-state index in [1.807, 2.05) is 17.8 Å². The number of aryl methyl sites for hydroxylation is 1. The number of aromatic amines is 1. The van der Waals surface area contributed by atoms with Gasteiger partial charge in [-0.25, -0.2) is 19.6 Å². The number of likely N-dealkylation sites (tertiary alicyclic amines) is 1. The number of rotatable bonds is 5. The Hall–Kier alpha value is -3.23. The number of carbonyl (C=O) groups is 1. The van der Waals surface area contributed by atoms with Gasteiger partial charge in [0, 0.05) is 38.7 Å². The molecule has 0 unspecified atom stereocenters. The number of hydrogen-bond acceptors (Lipinski definition) is 6. The van der Waals surface area contributed by atoms with Gasteiger partial charge in [-0.2, -0.15) is 5.10 Å². The maximum absolute atomic E-state index is 11.7.